The second-order valence-electron chi connectivity index (χ2n) is 4.72. The number of anilines is 1. The first-order chi connectivity index (χ1) is 10.7. The summed E-state index contributed by atoms with van der Waals surface area (Å²) in [7, 11) is 0. The summed E-state index contributed by atoms with van der Waals surface area (Å²) < 4.78 is 0. The first-order valence-corrected chi connectivity index (χ1v) is 8.09. The molecule has 0 aliphatic carbocycles. The molecule has 1 N–H and O–H groups in total. The van der Waals surface area contributed by atoms with E-state index in [1.165, 1.54) is 11.8 Å². The molecule has 1 amide bonds. The van der Waals surface area contributed by atoms with E-state index in [1.807, 2.05) is 36.4 Å². The van der Waals surface area contributed by atoms with Crippen molar-refractivity contribution in [2.45, 2.75) is 24.8 Å². The minimum atomic E-state index is -0.109. The molecule has 4 nitrogen and oxygen atoms in total. The van der Waals surface area contributed by atoms with Gasteiger partial charge in [0, 0.05) is 11.4 Å². The monoisotopic (exact) mass is 311 g/mol. The summed E-state index contributed by atoms with van der Waals surface area (Å²) in [5, 5.41) is 12.6. The number of para-hydroxylation sites is 1. The van der Waals surface area contributed by atoms with Crippen molar-refractivity contribution >= 4 is 23.4 Å². The molecule has 1 aromatic heterocycles. The van der Waals surface area contributed by atoms with E-state index in [-0.39, 0.29) is 11.7 Å². The van der Waals surface area contributed by atoms with Crippen LogP contribution in [0.4, 0.5) is 5.69 Å². The number of nitriles is 1. The lowest BCUT2D eigenvalue weighted by molar-refractivity contribution is -0.113. The van der Waals surface area contributed by atoms with Gasteiger partial charge in [-0.3, -0.25) is 4.79 Å². The van der Waals surface area contributed by atoms with E-state index in [1.54, 1.807) is 6.07 Å². The van der Waals surface area contributed by atoms with E-state index in [4.69, 9.17) is 5.26 Å². The van der Waals surface area contributed by atoms with Crippen LogP contribution >= 0.6 is 11.8 Å². The number of aryl methyl sites for hydroxylation is 1. The third-order valence-electron chi connectivity index (χ3n) is 2.94. The third-order valence-corrected chi connectivity index (χ3v) is 3.93. The van der Waals surface area contributed by atoms with Crippen LogP contribution in [-0.4, -0.2) is 16.6 Å². The Balaban J connectivity index is 1.99. The SMILES string of the molecule is CCCc1ccc(C#N)c(SCC(=O)Nc2ccccc2)n1. The molecule has 0 aliphatic rings. The summed E-state index contributed by atoms with van der Waals surface area (Å²) in [5.74, 6) is 0.120. The minimum absolute atomic E-state index is 0.109. The summed E-state index contributed by atoms with van der Waals surface area (Å²) in [6.45, 7) is 2.08. The van der Waals surface area contributed by atoms with Gasteiger partial charge < -0.3 is 5.32 Å². The van der Waals surface area contributed by atoms with Crippen molar-refractivity contribution in [2.75, 3.05) is 11.1 Å². The van der Waals surface area contributed by atoms with Crippen molar-refractivity contribution in [1.82, 2.24) is 4.98 Å². The number of hydrogen-bond donors (Lipinski definition) is 1. The van der Waals surface area contributed by atoms with Crippen LogP contribution in [0.2, 0.25) is 0 Å². The minimum Gasteiger partial charge on any atom is -0.325 e. The highest BCUT2D eigenvalue weighted by Crippen LogP contribution is 2.21. The van der Waals surface area contributed by atoms with Crippen molar-refractivity contribution in [3.05, 3.63) is 53.7 Å². The number of pyridine rings is 1. The van der Waals surface area contributed by atoms with E-state index in [9.17, 15) is 4.79 Å². The molecule has 1 aromatic carbocycles. The molecule has 0 saturated heterocycles. The molecule has 112 valence electrons. The first-order valence-electron chi connectivity index (χ1n) is 7.10. The fourth-order valence-electron chi connectivity index (χ4n) is 1.92. The van der Waals surface area contributed by atoms with Crippen LogP contribution in [0, 0.1) is 11.3 Å². The number of carbonyl (C=O) groups excluding carboxylic acids is 1. The van der Waals surface area contributed by atoms with Gasteiger partial charge in [0.25, 0.3) is 0 Å². The Morgan fingerprint density at radius 2 is 2.05 bits per heavy atom. The molecule has 2 aromatic rings. The second-order valence-corrected chi connectivity index (χ2v) is 5.68. The molecule has 0 aliphatic heterocycles. The average molecular weight is 311 g/mol. The molecule has 0 atom stereocenters. The van der Waals surface area contributed by atoms with E-state index < -0.39 is 0 Å². The smallest absolute Gasteiger partial charge is 0.234 e. The number of hydrogen-bond acceptors (Lipinski definition) is 4. The zero-order valence-electron chi connectivity index (χ0n) is 12.4. The summed E-state index contributed by atoms with van der Waals surface area (Å²) in [5.41, 5.74) is 2.23. The zero-order valence-corrected chi connectivity index (χ0v) is 13.2. The fraction of sp³-hybridized carbons (Fsp3) is 0.235. The maximum atomic E-state index is 12.0. The molecule has 0 bridgehead atoms. The van der Waals surface area contributed by atoms with Crippen LogP contribution < -0.4 is 5.32 Å². The number of amides is 1. The maximum Gasteiger partial charge on any atom is 0.234 e. The highest BCUT2D eigenvalue weighted by molar-refractivity contribution is 8.00. The second kappa shape index (κ2) is 8.20. The number of thioether (sulfide) groups is 1. The predicted molar refractivity (Wildman–Crippen MR) is 88.7 cm³/mol. The summed E-state index contributed by atoms with van der Waals surface area (Å²) in [4.78, 5) is 16.4. The van der Waals surface area contributed by atoms with Crippen LogP contribution in [0.5, 0.6) is 0 Å². The Bertz CT molecular complexity index is 680. The van der Waals surface area contributed by atoms with Crippen LogP contribution in [0.3, 0.4) is 0 Å². The molecule has 5 heteroatoms. The lowest BCUT2D eigenvalue weighted by Gasteiger charge is -2.07. The molecule has 0 radical (unpaired) electrons. The number of aromatic nitrogens is 1. The number of rotatable bonds is 6. The summed E-state index contributed by atoms with van der Waals surface area (Å²) in [6, 6.07) is 15.1. The van der Waals surface area contributed by atoms with Crippen LogP contribution in [0.15, 0.2) is 47.5 Å². The zero-order chi connectivity index (χ0) is 15.8. The molecule has 22 heavy (non-hydrogen) atoms. The van der Waals surface area contributed by atoms with Crippen molar-refractivity contribution in [2.24, 2.45) is 0 Å². The van der Waals surface area contributed by atoms with E-state index >= 15 is 0 Å². The van der Waals surface area contributed by atoms with Crippen LogP contribution in [-0.2, 0) is 11.2 Å². The summed E-state index contributed by atoms with van der Waals surface area (Å²) >= 11 is 1.29. The van der Waals surface area contributed by atoms with Gasteiger partial charge in [0.05, 0.1) is 11.3 Å². The fourth-order valence-corrected chi connectivity index (χ4v) is 2.71. The number of carbonyl (C=O) groups is 1. The highest BCUT2D eigenvalue weighted by Gasteiger charge is 2.09. The van der Waals surface area contributed by atoms with Crippen LogP contribution in [0.25, 0.3) is 0 Å². The van der Waals surface area contributed by atoms with E-state index in [0.29, 0.717) is 10.6 Å². The van der Waals surface area contributed by atoms with Gasteiger partial charge in [0.1, 0.15) is 11.1 Å². The molecule has 0 fully saturated rings. The van der Waals surface area contributed by atoms with Gasteiger partial charge in [-0.05, 0) is 30.7 Å². The standard InChI is InChI=1S/C17H17N3OS/c1-2-6-14-10-9-13(11-18)17(20-14)22-12-16(21)19-15-7-4-3-5-8-15/h3-5,7-10H,2,6,12H2,1H3,(H,19,21). The number of nitrogens with one attached hydrogen (secondary N) is 1. The van der Waals surface area contributed by atoms with Gasteiger partial charge >= 0.3 is 0 Å². The Hall–Kier alpha value is -2.32. The molecular formula is C17H17N3OS. The highest BCUT2D eigenvalue weighted by atomic mass is 32.2. The Kier molecular flexibility index (Phi) is 5.99. The molecule has 0 spiro atoms. The number of nitrogens with zero attached hydrogens (tertiary/aromatic N) is 2. The van der Waals surface area contributed by atoms with Gasteiger partial charge in [-0.15, -0.1) is 0 Å². The lowest BCUT2D eigenvalue weighted by atomic mass is 10.2. The average Bonchev–Trinajstić information content (AvgIpc) is 2.54. The molecule has 0 saturated carbocycles. The van der Waals surface area contributed by atoms with Gasteiger partial charge in [0.2, 0.25) is 5.91 Å². The third kappa shape index (κ3) is 4.61. The van der Waals surface area contributed by atoms with Gasteiger partial charge in [0.15, 0.2) is 0 Å². The first kappa shape index (κ1) is 16.1. The van der Waals surface area contributed by atoms with Crippen molar-refractivity contribution in [1.29, 1.82) is 5.26 Å². The van der Waals surface area contributed by atoms with Gasteiger partial charge in [-0.2, -0.15) is 5.26 Å². The van der Waals surface area contributed by atoms with E-state index in [2.05, 4.69) is 23.3 Å². The van der Waals surface area contributed by atoms with Gasteiger partial charge in [-0.1, -0.05) is 43.3 Å². The van der Waals surface area contributed by atoms with Crippen LogP contribution in [0.1, 0.15) is 24.6 Å². The Labute approximate surface area is 134 Å². The maximum absolute atomic E-state index is 12.0. The summed E-state index contributed by atoms with van der Waals surface area (Å²) in [6.07, 6.45) is 1.87. The predicted octanol–water partition coefficient (Wildman–Crippen LogP) is 3.64. The van der Waals surface area contributed by atoms with Gasteiger partial charge in [-0.25, -0.2) is 4.98 Å². The quantitative estimate of drug-likeness (QED) is 0.827. The largest absolute Gasteiger partial charge is 0.325 e. The number of benzene rings is 1. The topological polar surface area (TPSA) is 65.8 Å². The normalized spacial score (nSPS) is 10.0. The van der Waals surface area contributed by atoms with Crippen molar-refractivity contribution < 1.29 is 4.79 Å². The molecule has 1 heterocycles. The Morgan fingerprint density at radius 3 is 2.73 bits per heavy atom. The van der Waals surface area contributed by atoms with E-state index in [0.717, 1.165) is 24.2 Å². The molecule has 2 rings (SSSR count). The lowest BCUT2D eigenvalue weighted by Crippen LogP contribution is -2.14. The molecule has 0 unspecified atom stereocenters. The molecular weight excluding hydrogens is 294 g/mol. The Morgan fingerprint density at radius 1 is 1.27 bits per heavy atom. The van der Waals surface area contributed by atoms with Crippen molar-refractivity contribution in [3.8, 4) is 6.07 Å². The van der Waals surface area contributed by atoms with Crippen molar-refractivity contribution in [3.63, 3.8) is 0 Å².